The molecule has 0 aliphatic carbocycles. The molecule has 0 bridgehead atoms. The number of hydrogen-bond donors (Lipinski definition) is 1. The monoisotopic (exact) mass is 444 g/mol. The summed E-state index contributed by atoms with van der Waals surface area (Å²) in [7, 11) is 1.62. The highest BCUT2D eigenvalue weighted by molar-refractivity contribution is 5.98. The molecular formula is C27H28N2O4. The van der Waals surface area contributed by atoms with Gasteiger partial charge in [-0.1, -0.05) is 54.6 Å². The van der Waals surface area contributed by atoms with Crippen LogP contribution in [0.2, 0.25) is 0 Å². The summed E-state index contributed by atoms with van der Waals surface area (Å²) in [5, 5.41) is 2.91. The lowest BCUT2D eigenvalue weighted by atomic mass is 9.97. The van der Waals surface area contributed by atoms with Crippen LogP contribution in [0.15, 0.2) is 78.9 Å². The topological polar surface area (TPSA) is 67.9 Å². The second kappa shape index (κ2) is 10.8. The molecule has 1 fully saturated rings. The van der Waals surface area contributed by atoms with Gasteiger partial charge in [0.15, 0.2) is 0 Å². The Balaban J connectivity index is 1.50. The van der Waals surface area contributed by atoms with Crippen molar-refractivity contribution >= 4 is 11.8 Å². The average molecular weight is 445 g/mol. The van der Waals surface area contributed by atoms with Gasteiger partial charge in [0, 0.05) is 32.2 Å². The number of rotatable bonds is 8. The van der Waals surface area contributed by atoms with Crippen molar-refractivity contribution in [3.63, 3.8) is 0 Å². The fourth-order valence-corrected chi connectivity index (χ4v) is 3.99. The Bertz CT molecular complexity index is 1080. The van der Waals surface area contributed by atoms with Gasteiger partial charge >= 0.3 is 0 Å². The van der Waals surface area contributed by atoms with Crippen LogP contribution in [-0.4, -0.2) is 56.2 Å². The van der Waals surface area contributed by atoms with Gasteiger partial charge < -0.3 is 19.7 Å². The van der Waals surface area contributed by atoms with Crippen LogP contribution in [0.4, 0.5) is 0 Å². The lowest BCUT2D eigenvalue weighted by Gasteiger charge is -2.35. The SMILES string of the molecule is COCCOc1ccc(C(=O)N2CCNC(=O)C2Cc2cccc(-c3ccccc3)c2)cc1. The summed E-state index contributed by atoms with van der Waals surface area (Å²) >= 11 is 0. The van der Waals surface area contributed by atoms with Crippen LogP contribution in [0, 0.1) is 0 Å². The number of hydrogen-bond acceptors (Lipinski definition) is 4. The summed E-state index contributed by atoms with van der Waals surface area (Å²) in [6.07, 6.45) is 0.455. The molecule has 3 aromatic rings. The Morgan fingerprint density at radius 1 is 0.970 bits per heavy atom. The zero-order valence-electron chi connectivity index (χ0n) is 18.7. The molecule has 0 saturated carbocycles. The smallest absolute Gasteiger partial charge is 0.254 e. The van der Waals surface area contributed by atoms with Gasteiger partial charge in [0.05, 0.1) is 6.61 Å². The van der Waals surface area contributed by atoms with Gasteiger partial charge in [-0.15, -0.1) is 0 Å². The van der Waals surface area contributed by atoms with Crippen LogP contribution in [0.5, 0.6) is 5.75 Å². The summed E-state index contributed by atoms with van der Waals surface area (Å²) in [4.78, 5) is 27.7. The first-order valence-corrected chi connectivity index (χ1v) is 11.1. The fraction of sp³-hybridized carbons (Fsp3) is 0.259. The van der Waals surface area contributed by atoms with Crippen molar-refractivity contribution in [2.24, 2.45) is 0 Å². The van der Waals surface area contributed by atoms with Crippen LogP contribution in [0.1, 0.15) is 15.9 Å². The second-order valence-corrected chi connectivity index (χ2v) is 7.94. The lowest BCUT2D eigenvalue weighted by molar-refractivity contribution is -0.127. The molecule has 0 spiro atoms. The van der Waals surface area contributed by atoms with E-state index in [-0.39, 0.29) is 11.8 Å². The van der Waals surface area contributed by atoms with Crippen molar-refractivity contribution in [1.29, 1.82) is 0 Å². The third kappa shape index (κ3) is 5.59. The molecule has 1 saturated heterocycles. The van der Waals surface area contributed by atoms with Gasteiger partial charge in [0.2, 0.25) is 5.91 Å². The number of ether oxygens (including phenoxy) is 2. The number of carbonyl (C=O) groups is 2. The minimum absolute atomic E-state index is 0.126. The van der Waals surface area contributed by atoms with Gasteiger partial charge in [-0.05, 0) is 41.0 Å². The minimum atomic E-state index is -0.560. The molecule has 6 heteroatoms. The Labute approximate surface area is 194 Å². The minimum Gasteiger partial charge on any atom is -0.491 e. The Morgan fingerprint density at radius 2 is 1.73 bits per heavy atom. The zero-order chi connectivity index (χ0) is 23.0. The number of nitrogens with zero attached hydrogens (tertiary/aromatic N) is 1. The van der Waals surface area contributed by atoms with E-state index in [1.165, 1.54) is 0 Å². The maximum absolute atomic E-state index is 13.3. The van der Waals surface area contributed by atoms with E-state index in [0.717, 1.165) is 16.7 Å². The summed E-state index contributed by atoms with van der Waals surface area (Å²) in [5.41, 5.74) is 3.75. The quantitative estimate of drug-likeness (QED) is 0.540. The summed E-state index contributed by atoms with van der Waals surface area (Å²) < 4.78 is 10.6. The molecule has 4 rings (SSSR count). The fourth-order valence-electron chi connectivity index (χ4n) is 3.99. The first kappa shape index (κ1) is 22.6. The summed E-state index contributed by atoms with van der Waals surface area (Å²) in [6.45, 7) is 1.86. The van der Waals surface area contributed by atoms with Crippen molar-refractivity contribution in [1.82, 2.24) is 10.2 Å². The van der Waals surface area contributed by atoms with Gasteiger partial charge in [-0.25, -0.2) is 0 Å². The van der Waals surface area contributed by atoms with Crippen molar-refractivity contribution in [2.45, 2.75) is 12.5 Å². The van der Waals surface area contributed by atoms with Gasteiger partial charge in [0.1, 0.15) is 18.4 Å². The van der Waals surface area contributed by atoms with Crippen molar-refractivity contribution in [3.05, 3.63) is 90.0 Å². The van der Waals surface area contributed by atoms with Crippen LogP contribution in [-0.2, 0) is 16.0 Å². The lowest BCUT2D eigenvalue weighted by Crippen LogP contribution is -2.58. The molecule has 1 atom stereocenters. The molecule has 2 amide bonds. The zero-order valence-corrected chi connectivity index (χ0v) is 18.7. The highest BCUT2D eigenvalue weighted by Crippen LogP contribution is 2.23. The summed E-state index contributed by atoms with van der Waals surface area (Å²) in [6, 6.07) is 24.7. The molecule has 170 valence electrons. The van der Waals surface area contributed by atoms with Crippen molar-refractivity contribution in [2.75, 3.05) is 33.4 Å². The predicted molar refractivity (Wildman–Crippen MR) is 127 cm³/mol. The third-order valence-corrected chi connectivity index (χ3v) is 5.71. The summed E-state index contributed by atoms with van der Waals surface area (Å²) in [5.74, 6) is 0.394. The maximum atomic E-state index is 13.3. The van der Waals surface area contributed by atoms with Gasteiger partial charge in [-0.2, -0.15) is 0 Å². The van der Waals surface area contributed by atoms with E-state index in [1.54, 1.807) is 36.3 Å². The van der Waals surface area contributed by atoms with E-state index in [1.807, 2.05) is 30.3 Å². The highest BCUT2D eigenvalue weighted by atomic mass is 16.5. The molecule has 33 heavy (non-hydrogen) atoms. The van der Waals surface area contributed by atoms with E-state index in [2.05, 4.69) is 29.6 Å². The van der Waals surface area contributed by atoms with E-state index in [4.69, 9.17) is 9.47 Å². The first-order chi connectivity index (χ1) is 16.2. The number of carbonyl (C=O) groups excluding carboxylic acids is 2. The normalized spacial score (nSPS) is 15.7. The number of piperazine rings is 1. The van der Waals surface area contributed by atoms with E-state index >= 15 is 0 Å². The first-order valence-electron chi connectivity index (χ1n) is 11.1. The molecule has 6 nitrogen and oxygen atoms in total. The number of amides is 2. The Hall–Kier alpha value is -3.64. The highest BCUT2D eigenvalue weighted by Gasteiger charge is 2.33. The van der Waals surface area contributed by atoms with Crippen molar-refractivity contribution < 1.29 is 19.1 Å². The molecule has 0 aromatic heterocycles. The van der Waals surface area contributed by atoms with Crippen molar-refractivity contribution in [3.8, 4) is 16.9 Å². The molecule has 1 aliphatic rings. The van der Waals surface area contributed by atoms with Gasteiger partial charge in [0.25, 0.3) is 5.91 Å². The van der Waals surface area contributed by atoms with E-state index in [0.29, 0.717) is 44.0 Å². The van der Waals surface area contributed by atoms with E-state index in [9.17, 15) is 9.59 Å². The Morgan fingerprint density at radius 3 is 2.48 bits per heavy atom. The average Bonchev–Trinajstić information content (AvgIpc) is 2.86. The standard InChI is InChI=1S/C27H28N2O4/c1-32-16-17-33-24-12-10-22(11-13-24)27(31)29-15-14-28-26(30)25(29)19-20-6-5-9-23(18-20)21-7-3-2-4-8-21/h2-13,18,25H,14-17,19H2,1H3,(H,28,30). The van der Waals surface area contributed by atoms with Crippen LogP contribution in [0.25, 0.3) is 11.1 Å². The van der Waals surface area contributed by atoms with Crippen LogP contribution in [0.3, 0.4) is 0 Å². The molecule has 1 heterocycles. The number of nitrogens with one attached hydrogen (secondary N) is 1. The molecular weight excluding hydrogens is 416 g/mol. The van der Waals surface area contributed by atoms with E-state index < -0.39 is 6.04 Å². The van der Waals surface area contributed by atoms with Gasteiger partial charge in [-0.3, -0.25) is 9.59 Å². The Kier molecular flexibility index (Phi) is 7.37. The molecule has 1 N–H and O–H groups in total. The second-order valence-electron chi connectivity index (χ2n) is 7.94. The van der Waals surface area contributed by atoms with Crippen LogP contribution >= 0.6 is 0 Å². The maximum Gasteiger partial charge on any atom is 0.254 e. The third-order valence-electron chi connectivity index (χ3n) is 5.71. The van der Waals surface area contributed by atoms with Crippen LogP contribution < -0.4 is 10.1 Å². The predicted octanol–water partition coefficient (Wildman–Crippen LogP) is 3.56. The molecule has 3 aromatic carbocycles. The molecule has 0 radical (unpaired) electrons. The number of methoxy groups -OCH3 is 1. The molecule has 1 aliphatic heterocycles. The largest absolute Gasteiger partial charge is 0.491 e. The molecule has 1 unspecified atom stereocenters. The number of benzene rings is 3.